The van der Waals surface area contributed by atoms with E-state index in [9.17, 15) is 0 Å². The number of nitrogens with zero attached hydrogens (tertiary/aromatic N) is 5. The summed E-state index contributed by atoms with van der Waals surface area (Å²) in [5, 5.41) is 5.08. The van der Waals surface area contributed by atoms with Gasteiger partial charge in [0.25, 0.3) is 0 Å². The van der Waals surface area contributed by atoms with Crippen molar-refractivity contribution < 1.29 is 19.7 Å². The van der Waals surface area contributed by atoms with Gasteiger partial charge in [0.05, 0.1) is 17.1 Å². The second kappa shape index (κ2) is 10.9. The van der Waals surface area contributed by atoms with Gasteiger partial charge in [-0.15, -0.1) is 0 Å². The number of hydrogen-bond donors (Lipinski definition) is 0. The fourth-order valence-corrected chi connectivity index (χ4v) is 4.70. The molecular weight excluding hydrogens is 501 g/mol. The van der Waals surface area contributed by atoms with Gasteiger partial charge in [0.1, 0.15) is 37.7 Å². The number of aromatic nitrogens is 3. The summed E-state index contributed by atoms with van der Waals surface area (Å²) in [6.07, 6.45) is 2.57. The smallest absolute Gasteiger partial charge is 0.217 e. The van der Waals surface area contributed by atoms with Crippen LogP contribution in [-0.2, 0) is 21.8 Å². The third kappa shape index (κ3) is 5.63. The highest BCUT2D eigenvalue weighted by Gasteiger charge is 2.45. The van der Waals surface area contributed by atoms with Crippen molar-refractivity contribution in [3.05, 3.63) is 70.7 Å². The van der Waals surface area contributed by atoms with Crippen LogP contribution in [0.5, 0.6) is 5.75 Å². The van der Waals surface area contributed by atoms with E-state index >= 15 is 0 Å². The molecule has 0 amide bonds. The van der Waals surface area contributed by atoms with Gasteiger partial charge in [-0.2, -0.15) is 5.10 Å². The Bertz CT molecular complexity index is 1300. The van der Waals surface area contributed by atoms with Gasteiger partial charge < -0.3 is 19.1 Å². The van der Waals surface area contributed by atoms with Crippen molar-refractivity contribution in [2.24, 2.45) is 0 Å². The summed E-state index contributed by atoms with van der Waals surface area (Å²) in [5.41, 5.74) is 1.05. The van der Waals surface area contributed by atoms with Gasteiger partial charge in [-0.25, -0.2) is 9.67 Å². The van der Waals surface area contributed by atoms with E-state index in [1.165, 1.54) is 11.2 Å². The van der Waals surface area contributed by atoms with Crippen LogP contribution in [0, 0.1) is 0 Å². The van der Waals surface area contributed by atoms with Crippen molar-refractivity contribution >= 4 is 28.9 Å². The number of ether oxygens (including phenoxy) is 3. The predicted molar refractivity (Wildman–Crippen MR) is 140 cm³/mol. The van der Waals surface area contributed by atoms with Crippen LogP contribution in [0.4, 0.5) is 5.69 Å². The minimum Gasteiger partial charge on any atom is -0.491 e. The molecule has 5 rings (SSSR count). The molecule has 2 aromatic carbocycles. The largest absolute Gasteiger partial charge is 0.491 e. The third-order valence-electron chi connectivity index (χ3n) is 6.16. The van der Waals surface area contributed by atoms with Gasteiger partial charge in [-0.1, -0.05) is 29.3 Å². The molecule has 0 radical (unpaired) electrons. The van der Waals surface area contributed by atoms with Crippen molar-refractivity contribution in [2.45, 2.75) is 38.3 Å². The molecule has 3 heterocycles. The standard InChI is InChI=1S/C26H31Cl2N5O3/c1-19(2)31-9-11-32(12-10-31)21-4-6-22(7-5-21)34-14-23-15-35-26(36-23,16-33-18-29-17-30-33)24-8-3-20(27)13-25(24)28/h3-8,13,17-19,23H,9-12,14-16H2,1-2H3/t23-,26-/m0/s1/i11D2,12D2. The third-order valence-corrected chi connectivity index (χ3v) is 6.71. The summed E-state index contributed by atoms with van der Waals surface area (Å²) in [4.78, 5) is 7.03. The van der Waals surface area contributed by atoms with E-state index in [1.54, 1.807) is 53.5 Å². The molecular formula is C26H31Cl2N5O3. The van der Waals surface area contributed by atoms with Crippen molar-refractivity contribution in [3.63, 3.8) is 0 Å². The van der Waals surface area contributed by atoms with Crippen molar-refractivity contribution in [1.82, 2.24) is 19.7 Å². The molecule has 0 aliphatic carbocycles. The molecule has 2 fully saturated rings. The Kier molecular flexibility index (Phi) is 6.28. The SMILES string of the molecule is [2H]C1([2H])CN(C(C)C)CC([2H])([2H])N1c1ccc(OC[C@H]2CO[C@](Cn3cncn3)(c3ccc(Cl)cc3Cl)O2)cc1. The molecule has 2 aliphatic rings. The first-order valence-electron chi connectivity index (χ1n) is 13.8. The average Bonchev–Trinajstić information content (AvgIpc) is 3.52. The monoisotopic (exact) mass is 535 g/mol. The topological polar surface area (TPSA) is 64.9 Å². The van der Waals surface area contributed by atoms with Crippen LogP contribution in [0.2, 0.25) is 10.0 Å². The average molecular weight is 536 g/mol. The van der Waals surface area contributed by atoms with Gasteiger partial charge in [0, 0.05) is 48.4 Å². The quantitative estimate of drug-likeness (QED) is 0.421. The van der Waals surface area contributed by atoms with Gasteiger partial charge in [-0.05, 0) is 50.2 Å². The van der Waals surface area contributed by atoms with E-state index in [4.69, 9.17) is 42.9 Å². The molecule has 2 saturated heterocycles. The molecule has 8 nitrogen and oxygen atoms in total. The summed E-state index contributed by atoms with van der Waals surface area (Å²) >= 11 is 12.6. The summed E-state index contributed by atoms with van der Waals surface area (Å²) in [6.45, 7) is 0.953. The Morgan fingerprint density at radius 2 is 1.94 bits per heavy atom. The van der Waals surface area contributed by atoms with Crippen LogP contribution in [-0.4, -0.2) is 71.1 Å². The Morgan fingerprint density at radius 1 is 1.17 bits per heavy atom. The second-order valence-electron chi connectivity index (χ2n) is 8.98. The number of rotatable bonds is 8. The fourth-order valence-electron chi connectivity index (χ4n) is 4.15. The highest BCUT2D eigenvalue weighted by Crippen LogP contribution is 2.40. The van der Waals surface area contributed by atoms with E-state index in [2.05, 4.69) is 10.1 Å². The lowest BCUT2D eigenvalue weighted by Crippen LogP contribution is -2.48. The summed E-state index contributed by atoms with van der Waals surface area (Å²) in [6, 6.07) is 11.9. The van der Waals surface area contributed by atoms with Crippen LogP contribution in [0.25, 0.3) is 0 Å². The Balaban J connectivity index is 1.27. The molecule has 192 valence electrons. The highest BCUT2D eigenvalue weighted by molar-refractivity contribution is 6.35. The van der Waals surface area contributed by atoms with Crippen LogP contribution in [0.1, 0.15) is 24.9 Å². The lowest BCUT2D eigenvalue weighted by Gasteiger charge is -2.38. The van der Waals surface area contributed by atoms with E-state index in [0.717, 1.165) is 0 Å². The Morgan fingerprint density at radius 3 is 2.61 bits per heavy atom. The van der Waals surface area contributed by atoms with Gasteiger partial charge in [0.15, 0.2) is 0 Å². The van der Waals surface area contributed by atoms with Crippen LogP contribution >= 0.6 is 23.2 Å². The summed E-state index contributed by atoms with van der Waals surface area (Å²) < 4.78 is 54.5. The minimum atomic E-state index is -1.89. The molecule has 0 N–H and O–H groups in total. The van der Waals surface area contributed by atoms with Gasteiger partial charge in [-0.3, -0.25) is 4.90 Å². The minimum absolute atomic E-state index is 0.0375. The molecule has 2 atom stereocenters. The van der Waals surface area contributed by atoms with Gasteiger partial charge in [0.2, 0.25) is 5.79 Å². The van der Waals surface area contributed by atoms with Crippen LogP contribution in [0.3, 0.4) is 0 Å². The number of hydrogen-bond acceptors (Lipinski definition) is 7. The molecule has 1 aromatic heterocycles. The summed E-state index contributed by atoms with van der Waals surface area (Å²) in [5.74, 6) is -0.685. The van der Waals surface area contributed by atoms with Crippen LogP contribution < -0.4 is 9.64 Å². The normalized spacial score (nSPS) is 27.4. The molecule has 36 heavy (non-hydrogen) atoms. The highest BCUT2D eigenvalue weighted by atomic mass is 35.5. The molecule has 0 bridgehead atoms. The first kappa shape index (κ1) is 20.7. The lowest BCUT2D eigenvalue weighted by molar-refractivity contribution is -0.190. The van der Waals surface area contributed by atoms with Crippen molar-refractivity contribution in [2.75, 3.05) is 44.2 Å². The molecule has 0 unspecified atom stereocenters. The maximum absolute atomic E-state index is 8.58. The van der Waals surface area contributed by atoms with E-state index in [1.807, 2.05) is 18.7 Å². The number of piperazine rings is 1. The zero-order valence-corrected chi connectivity index (χ0v) is 21.6. The number of benzene rings is 2. The predicted octanol–water partition coefficient (Wildman–Crippen LogP) is 4.46. The van der Waals surface area contributed by atoms with Crippen molar-refractivity contribution in [1.29, 1.82) is 0 Å². The van der Waals surface area contributed by atoms with Gasteiger partial charge >= 0.3 is 0 Å². The molecule has 0 saturated carbocycles. The second-order valence-corrected chi connectivity index (χ2v) is 9.82. The van der Waals surface area contributed by atoms with E-state index < -0.39 is 24.9 Å². The Labute approximate surface area is 227 Å². The summed E-state index contributed by atoms with van der Waals surface area (Å²) in [7, 11) is 0. The molecule has 10 heteroatoms. The van der Waals surface area contributed by atoms with E-state index in [0.29, 0.717) is 27.0 Å². The van der Waals surface area contributed by atoms with Crippen LogP contribution in [0.15, 0.2) is 55.1 Å². The van der Waals surface area contributed by atoms with E-state index in [-0.39, 0.29) is 38.9 Å². The first-order chi connectivity index (χ1) is 18.9. The molecule has 0 spiro atoms. The zero-order valence-electron chi connectivity index (χ0n) is 24.1. The molecule has 2 aliphatic heterocycles. The Hall–Kier alpha value is -2.36. The lowest BCUT2D eigenvalue weighted by atomic mass is 10.1. The maximum atomic E-state index is 8.58. The zero-order chi connectivity index (χ0) is 28.7. The maximum Gasteiger partial charge on any atom is 0.217 e. The fraction of sp³-hybridized carbons (Fsp3) is 0.462. The number of halogens is 2. The first-order valence-corrected chi connectivity index (χ1v) is 12.5. The molecule has 3 aromatic rings. The number of anilines is 1. The van der Waals surface area contributed by atoms with Crippen molar-refractivity contribution in [3.8, 4) is 5.75 Å².